The molecule has 1 heterocycles. The Morgan fingerprint density at radius 3 is 2.63 bits per heavy atom. The van der Waals surface area contributed by atoms with E-state index in [2.05, 4.69) is 11.9 Å². The molecule has 3 heteroatoms. The topological polar surface area (TPSA) is 34.9 Å². The highest BCUT2D eigenvalue weighted by Gasteiger charge is 2.21. The number of hydrogen-bond donors (Lipinski definition) is 0. The van der Waals surface area contributed by atoms with Gasteiger partial charge in [-0.25, -0.2) is 4.98 Å². The minimum Gasteiger partial charge on any atom is -0.324 e. The maximum Gasteiger partial charge on any atom is 0.185 e. The number of ketones is 1. The minimum absolute atomic E-state index is 0.147. The lowest BCUT2D eigenvalue weighted by atomic mass is 10.0. The second kappa shape index (κ2) is 6.32. The van der Waals surface area contributed by atoms with Crippen molar-refractivity contribution in [3.05, 3.63) is 54.1 Å². The molecule has 1 atom stereocenters. The maximum atomic E-state index is 12.6. The molecule has 0 saturated carbocycles. The van der Waals surface area contributed by atoms with Crippen LogP contribution in [0, 0.1) is 0 Å². The fourth-order valence-electron chi connectivity index (χ4n) is 2.35. The Balaban J connectivity index is 2.29. The van der Waals surface area contributed by atoms with Crippen LogP contribution >= 0.6 is 0 Å². The predicted octanol–water partition coefficient (Wildman–Crippen LogP) is 3.67. The molecule has 0 N–H and O–H groups in total. The first-order valence-corrected chi connectivity index (χ1v) is 6.88. The third kappa shape index (κ3) is 2.92. The van der Waals surface area contributed by atoms with Gasteiger partial charge < -0.3 is 4.57 Å². The molecule has 1 unspecified atom stereocenters. The Labute approximate surface area is 114 Å². The van der Waals surface area contributed by atoms with Crippen molar-refractivity contribution in [2.45, 2.75) is 39.2 Å². The quantitative estimate of drug-likeness (QED) is 0.739. The van der Waals surface area contributed by atoms with Crippen molar-refractivity contribution in [3.63, 3.8) is 0 Å². The number of benzene rings is 1. The van der Waals surface area contributed by atoms with Crippen LogP contribution in [0.15, 0.2) is 42.7 Å². The lowest BCUT2D eigenvalue weighted by molar-refractivity contribution is 0.0920. The second-order valence-corrected chi connectivity index (χ2v) is 4.66. The van der Waals surface area contributed by atoms with Gasteiger partial charge in [0.2, 0.25) is 0 Å². The number of carbonyl (C=O) groups is 1. The van der Waals surface area contributed by atoms with Crippen molar-refractivity contribution in [2.75, 3.05) is 0 Å². The smallest absolute Gasteiger partial charge is 0.185 e. The van der Waals surface area contributed by atoms with Gasteiger partial charge in [-0.1, -0.05) is 44.2 Å². The number of carbonyl (C=O) groups excluding carboxylic acids is 1. The number of Topliss-reactive ketones (excluding diaryl/α,β-unsaturated/α-hetero) is 1. The van der Waals surface area contributed by atoms with E-state index in [4.69, 9.17) is 0 Å². The third-order valence-corrected chi connectivity index (χ3v) is 3.31. The highest BCUT2D eigenvalue weighted by molar-refractivity contribution is 5.99. The molecule has 2 rings (SSSR count). The van der Waals surface area contributed by atoms with Gasteiger partial charge in [0.25, 0.3) is 0 Å². The zero-order valence-electron chi connectivity index (χ0n) is 11.5. The number of rotatable bonds is 6. The van der Waals surface area contributed by atoms with Gasteiger partial charge in [-0.2, -0.15) is 0 Å². The Morgan fingerprint density at radius 2 is 2.00 bits per heavy atom. The average Bonchev–Trinajstić information content (AvgIpc) is 2.89. The van der Waals surface area contributed by atoms with Crippen LogP contribution in [0.4, 0.5) is 0 Å². The van der Waals surface area contributed by atoms with Crippen LogP contribution in [-0.2, 0) is 6.42 Å². The number of hydrogen-bond acceptors (Lipinski definition) is 2. The van der Waals surface area contributed by atoms with E-state index in [9.17, 15) is 4.79 Å². The molecule has 100 valence electrons. The molecule has 0 amide bonds. The summed E-state index contributed by atoms with van der Waals surface area (Å²) in [6.07, 6.45) is 6.42. The molecule has 0 aliphatic heterocycles. The van der Waals surface area contributed by atoms with E-state index in [1.165, 1.54) is 0 Å². The number of aryl methyl sites for hydroxylation is 1. The summed E-state index contributed by atoms with van der Waals surface area (Å²) in [6, 6.07) is 9.34. The van der Waals surface area contributed by atoms with Crippen LogP contribution < -0.4 is 0 Å². The van der Waals surface area contributed by atoms with E-state index >= 15 is 0 Å². The molecular formula is C16H20N2O. The zero-order chi connectivity index (χ0) is 13.7. The van der Waals surface area contributed by atoms with Gasteiger partial charge in [0.1, 0.15) is 5.82 Å². The summed E-state index contributed by atoms with van der Waals surface area (Å²) < 4.78 is 2.03. The van der Waals surface area contributed by atoms with Crippen molar-refractivity contribution in [1.82, 2.24) is 9.55 Å². The first-order chi connectivity index (χ1) is 9.27. The number of nitrogens with zero attached hydrogens (tertiary/aromatic N) is 2. The van der Waals surface area contributed by atoms with E-state index in [0.717, 1.165) is 30.7 Å². The summed E-state index contributed by atoms with van der Waals surface area (Å²) in [5, 5.41) is 0. The van der Waals surface area contributed by atoms with Crippen LogP contribution in [0.5, 0.6) is 0 Å². The average molecular weight is 256 g/mol. The highest BCUT2D eigenvalue weighted by Crippen LogP contribution is 2.20. The monoisotopic (exact) mass is 256 g/mol. The van der Waals surface area contributed by atoms with Gasteiger partial charge >= 0.3 is 0 Å². The van der Waals surface area contributed by atoms with E-state index < -0.39 is 0 Å². The number of imidazole rings is 1. The van der Waals surface area contributed by atoms with Crippen LogP contribution in [0.25, 0.3) is 0 Å². The fraction of sp³-hybridized carbons (Fsp3) is 0.375. The molecule has 0 aliphatic carbocycles. The highest BCUT2D eigenvalue weighted by atomic mass is 16.1. The largest absolute Gasteiger partial charge is 0.324 e. The van der Waals surface area contributed by atoms with E-state index in [1.807, 2.05) is 48.0 Å². The molecule has 0 radical (unpaired) electrons. The molecule has 1 aromatic heterocycles. The molecule has 0 fully saturated rings. The number of aromatic nitrogens is 2. The zero-order valence-corrected chi connectivity index (χ0v) is 11.5. The lowest BCUT2D eigenvalue weighted by Gasteiger charge is -2.18. The van der Waals surface area contributed by atoms with Crippen LogP contribution in [0.2, 0.25) is 0 Å². The molecule has 0 saturated heterocycles. The van der Waals surface area contributed by atoms with Crippen molar-refractivity contribution in [2.24, 2.45) is 0 Å². The van der Waals surface area contributed by atoms with Gasteiger partial charge in [0.15, 0.2) is 5.78 Å². The van der Waals surface area contributed by atoms with E-state index in [1.54, 1.807) is 6.20 Å². The Bertz CT molecular complexity index is 531. The van der Waals surface area contributed by atoms with Gasteiger partial charge in [0, 0.05) is 24.4 Å². The van der Waals surface area contributed by atoms with E-state index in [0.29, 0.717) is 0 Å². The summed E-state index contributed by atoms with van der Waals surface area (Å²) in [4.78, 5) is 16.9. The fourth-order valence-corrected chi connectivity index (χ4v) is 2.35. The first kappa shape index (κ1) is 13.5. The van der Waals surface area contributed by atoms with Crippen molar-refractivity contribution in [3.8, 4) is 0 Å². The van der Waals surface area contributed by atoms with Crippen molar-refractivity contribution in [1.29, 1.82) is 0 Å². The van der Waals surface area contributed by atoms with Crippen LogP contribution in [-0.4, -0.2) is 15.3 Å². The van der Waals surface area contributed by atoms with Crippen molar-refractivity contribution >= 4 is 5.78 Å². The summed E-state index contributed by atoms with van der Waals surface area (Å²) in [5.74, 6) is 1.16. The molecule has 0 bridgehead atoms. The standard InChI is InChI=1S/C16H20N2O/c1-3-8-15-17-11-12-18(15)14(4-2)16(19)13-9-6-5-7-10-13/h5-7,9-12,14H,3-4,8H2,1-2H3. The van der Waals surface area contributed by atoms with E-state index in [-0.39, 0.29) is 11.8 Å². The normalized spacial score (nSPS) is 12.3. The van der Waals surface area contributed by atoms with Crippen LogP contribution in [0.3, 0.4) is 0 Å². The molecule has 0 spiro atoms. The molecule has 0 aliphatic rings. The summed E-state index contributed by atoms with van der Waals surface area (Å²) >= 11 is 0. The lowest BCUT2D eigenvalue weighted by Crippen LogP contribution is -2.20. The third-order valence-electron chi connectivity index (χ3n) is 3.31. The van der Waals surface area contributed by atoms with Gasteiger partial charge in [-0.15, -0.1) is 0 Å². The molecule has 2 aromatic rings. The molecule has 3 nitrogen and oxygen atoms in total. The van der Waals surface area contributed by atoms with Gasteiger partial charge in [-0.3, -0.25) is 4.79 Å². The second-order valence-electron chi connectivity index (χ2n) is 4.66. The summed E-state index contributed by atoms with van der Waals surface area (Å²) in [5.41, 5.74) is 0.769. The Morgan fingerprint density at radius 1 is 1.26 bits per heavy atom. The summed E-state index contributed by atoms with van der Waals surface area (Å²) in [7, 11) is 0. The first-order valence-electron chi connectivity index (χ1n) is 6.88. The molecule has 1 aromatic carbocycles. The van der Waals surface area contributed by atoms with Crippen LogP contribution in [0.1, 0.15) is 48.9 Å². The Kier molecular flexibility index (Phi) is 4.50. The van der Waals surface area contributed by atoms with Gasteiger partial charge in [-0.05, 0) is 12.8 Å². The minimum atomic E-state index is -0.147. The Hall–Kier alpha value is -1.90. The molecule has 19 heavy (non-hydrogen) atoms. The van der Waals surface area contributed by atoms with Gasteiger partial charge in [0.05, 0.1) is 6.04 Å². The molecular weight excluding hydrogens is 236 g/mol. The predicted molar refractivity (Wildman–Crippen MR) is 76.3 cm³/mol. The SMILES string of the molecule is CCCc1nccn1C(CC)C(=O)c1ccccc1. The summed E-state index contributed by atoms with van der Waals surface area (Å²) in [6.45, 7) is 4.17. The maximum absolute atomic E-state index is 12.6. The van der Waals surface area contributed by atoms with Crippen molar-refractivity contribution < 1.29 is 4.79 Å².